The second-order valence-corrected chi connectivity index (χ2v) is 10.9. The Morgan fingerprint density at radius 3 is 2.40 bits per heavy atom. The second-order valence-electron chi connectivity index (χ2n) is 10.6. The highest BCUT2D eigenvalue weighted by atomic mass is 35.5. The van der Waals surface area contributed by atoms with Crippen LogP contribution in [0.1, 0.15) is 35.1 Å². The maximum Gasteiger partial charge on any atom is 0.573 e. The molecular weight excluding hydrogens is 598 g/mol. The maximum atomic E-state index is 13.7. The van der Waals surface area contributed by atoms with Crippen molar-refractivity contribution in [2.75, 3.05) is 31.1 Å². The highest BCUT2D eigenvalue weighted by molar-refractivity contribution is 6.29. The zero-order chi connectivity index (χ0) is 30.8. The average Bonchev–Trinajstić information content (AvgIpc) is 3.26. The largest absolute Gasteiger partial charge is 0.573 e. The first-order valence-electron chi connectivity index (χ1n) is 13.4. The Balaban J connectivity index is 1.26. The predicted molar refractivity (Wildman–Crippen MR) is 150 cm³/mol. The van der Waals surface area contributed by atoms with E-state index in [1.807, 2.05) is 6.08 Å². The van der Waals surface area contributed by atoms with E-state index in [0.717, 1.165) is 11.6 Å². The first kappa shape index (κ1) is 30.7. The standard InChI is InChI=1S/C30H27ClF6N4O2/c31-26-16-21(9-12-38-26)18-39-27(42)41-19-28(24-17-22(29(32,33)34)5-8-25(24)41)10-14-40(15-11-28)13-1-2-20-3-6-23(7-4-20)43-30(35,36)37/h1-9,12,16-17H,10-11,13-15,18-19H2,(H,39,42). The molecule has 2 aromatic carbocycles. The monoisotopic (exact) mass is 624 g/mol. The quantitative estimate of drug-likeness (QED) is 0.229. The summed E-state index contributed by atoms with van der Waals surface area (Å²) in [4.78, 5) is 20.8. The van der Waals surface area contributed by atoms with Gasteiger partial charge in [0.15, 0.2) is 0 Å². The summed E-state index contributed by atoms with van der Waals surface area (Å²) in [6.45, 7) is 2.15. The number of urea groups is 1. The lowest BCUT2D eigenvalue weighted by atomic mass is 9.74. The number of carbonyl (C=O) groups is 1. The number of benzene rings is 2. The molecule has 0 saturated carbocycles. The van der Waals surface area contributed by atoms with E-state index < -0.39 is 29.5 Å². The van der Waals surface area contributed by atoms with Crippen molar-refractivity contribution in [3.05, 3.63) is 94.3 Å². The van der Waals surface area contributed by atoms with Gasteiger partial charge in [0.25, 0.3) is 0 Å². The van der Waals surface area contributed by atoms with Gasteiger partial charge >= 0.3 is 18.6 Å². The molecule has 0 bridgehead atoms. The van der Waals surface area contributed by atoms with Crippen LogP contribution < -0.4 is 15.0 Å². The number of rotatable bonds is 6. The lowest BCUT2D eigenvalue weighted by Gasteiger charge is -2.39. The normalized spacial score (nSPS) is 17.0. The zero-order valence-corrected chi connectivity index (χ0v) is 23.4. The Morgan fingerprint density at radius 1 is 1.02 bits per heavy atom. The molecule has 43 heavy (non-hydrogen) atoms. The molecule has 1 saturated heterocycles. The van der Waals surface area contributed by atoms with E-state index in [2.05, 4.69) is 19.9 Å². The number of piperidine rings is 1. The van der Waals surface area contributed by atoms with Crippen molar-refractivity contribution in [2.45, 2.75) is 37.3 Å². The minimum absolute atomic E-state index is 0.179. The second kappa shape index (κ2) is 12.1. The van der Waals surface area contributed by atoms with E-state index in [4.69, 9.17) is 11.6 Å². The minimum atomic E-state index is -4.76. The maximum absolute atomic E-state index is 13.7. The smallest absolute Gasteiger partial charge is 0.406 e. The molecule has 1 spiro atoms. The third-order valence-corrected chi connectivity index (χ3v) is 7.93. The lowest BCUT2D eigenvalue weighted by molar-refractivity contribution is -0.274. The molecule has 1 N–H and O–H groups in total. The summed E-state index contributed by atoms with van der Waals surface area (Å²) in [5.41, 5.74) is 1.02. The third-order valence-electron chi connectivity index (χ3n) is 7.73. The number of amides is 2. The highest BCUT2D eigenvalue weighted by Gasteiger charge is 2.47. The van der Waals surface area contributed by atoms with Crippen molar-refractivity contribution in [1.82, 2.24) is 15.2 Å². The number of aromatic nitrogens is 1. The highest BCUT2D eigenvalue weighted by Crippen LogP contribution is 2.48. The van der Waals surface area contributed by atoms with Crippen LogP contribution >= 0.6 is 11.6 Å². The fourth-order valence-corrected chi connectivity index (χ4v) is 5.76. The van der Waals surface area contributed by atoms with Crippen LogP contribution in [0.4, 0.5) is 36.8 Å². The summed E-state index contributed by atoms with van der Waals surface area (Å²) in [7, 11) is 0. The molecule has 228 valence electrons. The molecule has 5 rings (SSSR count). The Bertz CT molecular complexity index is 1490. The molecule has 3 heterocycles. The molecule has 1 aromatic heterocycles. The molecule has 2 amide bonds. The Hall–Kier alpha value is -3.77. The number of hydrogen-bond donors (Lipinski definition) is 1. The summed E-state index contributed by atoms with van der Waals surface area (Å²) < 4.78 is 82.0. The van der Waals surface area contributed by atoms with Crippen LogP contribution in [0.3, 0.4) is 0 Å². The van der Waals surface area contributed by atoms with E-state index >= 15 is 0 Å². The third kappa shape index (κ3) is 7.42. The molecular formula is C30H27ClF6N4O2. The van der Waals surface area contributed by atoms with E-state index in [1.165, 1.54) is 47.5 Å². The van der Waals surface area contributed by atoms with Crippen LogP contribution in [-0.2, 0) is 18.1 Å². The number of pyridine rings is 1. The summed E-state index contributed by atoms with van der Waals surface area (Å²) in [6, 6.07) is 12.0. The van der Waals surface area contributed by atoms with E-state index in [1.54, 1.807) is 18.2 Å². The predicted octanol–water partition coefficient (Wildman–Crippen LogP) is 7.43. The number of likely N-dealkylation sites (tertiary alicyclic amines) is 1. The molecule has 6 nitrogen and oxygen atoms in total. The molecule has 0 aliphatic carbocycles. The fourth-order valence-electron chi connectivity index (χ4n) is 5.56. The molecule has 0 radical (unpaired) electrons. The molecule has 0 atom stereocenters. The number of nitrogens with zero attached hydrogens (tertiary/aromatic N) is 3. The van der Waals surface area contributed by atoms with Gasteiger partial charge in [0.05, 0.1) is 5.56 Å². The van der Waals surface area contributed by atoms with E-state index in [9.17, 15) is 31.1 Å². The van der Waals surface area contributed by atoms with Crippen LogP contribution in [0.25, 0.3) is 6.08 Å². The molecule has 13 heteroatoms. The number of alkyl halides is 6. The summed E-state index contributed by atoms with van der Waals surface area (Å²) in [5.74, 6) is -0.305. The molecule has 3 aromatic rings. The molecule has 1 fully saturated rings. The van der Waals surface area contributed by atoms with Crippen molar-refractivity contribution in [2.24, 2.45) is 0 Å². The summed E-state index contributed by atoms with van der Waals surface area (Å²) >= 11 is 5.93. The van der Waals surface area contributed by atoms with Crippen LogP contribution in [0.5, 0.6) is 5.75 Å². The first-order valence-corrected chi connectivity index (χ1v) is 13.8. The van der Waals surface area contributed by atoms with Gasteiger partial charge in [-0.25, -0.2) is 9.78 Å². The Labute approximate surface area is 248 Å². The van der Waals surface area contributed by atoms with Gasteiger partial charge < -0.3 is 10.1 Å². The van der Waals surface area contributed by atoms with Gasteiger partial charge in [-0.15, -0.1) is 13.2 Å². The minimum Gasteiger partial charge on any atom is -0.406 e. The van der Waals surface area contributed by atoms with Gasteiger partial charge in [-0.1, -0.05) is 35.9 Å². The number of anilines is 1. The van der Waals surface area contributed by atoms with E-state index in [0.29, 0.717) is 49.3 Å². The van der Waals surface area contributed by atoms with Gasteiger partial charge in [0.1, 0.15) is 10.9 Å². The number of fused-ring (bicyclic) bond motifs is 2. The van der Waals surface area contributed by atoms with Crippen molar-refractivity contribution >= 4 is 29.4 Å². The summed E-state index contributed by atoms with van der Waals surface area (Å²) in [5, 5.41) is 3.12. The van der Waals surface area contributed by atoms with E-state index in [-0.39, 0.29) is 24.0 Å². The Morgan fingerprint density at radius 2 is 1.74 bits per heavy atom. The SMILES string of the molecule is O=C(NCc1ccnc(Cl)c1)N1CC2(CCN(CC=Cc3ccc(OC(F)(F)F)cc3)CC2)c2cc(C(F)(F)F)ccc21. The van der Waals surface area contributed by atoms with Crippen molar-refractivity contribution < 1.29 is 35.9 Å². The Kier molecular flexibility index (Phi) is 8.62. The van der Waals surface area contributed by atoms with Crippen LogP contribution in [0.15, 0.2) is 66.9 Å². The summed E-state index contributed by atoms with van der Waals surface area (Å²) in [6.07, 6.45) is -3.00. The van der Waals surface area contributed by atoms with Crippen molar-refractivity contribution in [1.29, 1.82) is 0 Å². The van der Waals surface area contributed by atoms with Gasteiger partial charge in [-0.05, 0) is 85.1 Å². The number of hydrogen-bond acceptors (Lipinski definition) is 4. The fraction of sp³-hybridized carbons (Fsp3) is 0.333. The van der Waals surface area contributed by atoms with Crippen molar-refractivity contribution in [3.8, 4) is 5.75 Å². The van der Waals surface area contributed by atoms with Gasteiger partial charge in [0.2, 0.25) is 0 Å². The lowest BCUT2D eigenvalue weighted by Crippen LogP contribution is -2.47. The topological polar surface area (TPSA) is 57.7 Å². The first-order chi connectivity index (χ1) is 20.3. The van der Waals surface area contributed by atoms with Gasteiger partial charge in [0, 0.05) is 36.9 Å². The molecule has 2 aliphatic heterocycles. The number of nitrogens with one attached hydrogen (secondary N) is 1. The van der Waals surface area contributed by atoms with Crippen molar-refractivity contribution in [3.63, 3.8) is 0 Å². The number of halogens is 7. The zero-order valence-electron chi connectivity index (χ0n) is 22.7. The van der Waals surface area contributed by atoms with Crippen LogP contribution in [0, 0.1) is 0 Å². The van der Waals surface area contributed by atoms with Crippen LogP contribution in [0.2, 0.25) is 5.15 Å². The molecule has 0 unspecified atom stereocenters. The molecule has 2 aliphatic rings. The van der Waals surface area contributed by atoms with Gasteiger partial charge in [-0.3, -0.25) is 9.80 Å². The number of ether oxygens (including phenoxy) is 1. The van der Waals surface area contributed by atoms with Crippen LogP contribution in [-0.4, -0.2) is 48.5 Å². The van der Waals surface area contributed by atoms with Gasteiger partial charge in [-0.2, -0.15) is 13.2 Å². The average molecular weight is 625 g/mol. The number of carbonyl (C=O) groups excluding carboxylic acids is 1.